The SMILES string of the molecule is CC1=[C-]C(C)(C)C(C)=C1C.CCCC[Si]1(C2c3[c-]cccc3-c3ccccc32)CCC1.[Cl-].[Cl-].[Zr+4]. The summed E-state index contributed by atoms with van der Waals surface area (Å²) in [5.74, 6) is 0. The first-order valence-electron chi connectivity index (χ1n) is 12.2. The molecule has 3 aliphatic rings. The van der Waals surface area contributed by atoms with Gasteiger partial charge < -0.3 is 24.8 Å². The second-order valence-electron chi connectivity index (χ2n) is 10.5. The van der Waals surface area contributed by atoms with Gasteiger partial charge in [-0.25, -0.2) is 5.57 Å². The van der Waals surface area contributed by atoms with Crippen LogP contribution in [0.15, 0.2) is 59.2 Å². The molecule has 1 saturated heterocycles. The Labute approximate surface area is 241 Å². The first kappa shape index (κ1) is 31.6. The molecule has 2 aromatic carbocycles. The molecule has 1 heterocycles. The van der Waals surface area contributed by atoms with Crippen LogP contribution in [0.1, 0.15) is 77.5 Å². The molecule has 0 saturated carbocycles. The summed E-state index contributed by atoms with van der Waals surface area (Å²) in [6.45, 7) is 13.3. The van der Waals surface area contributed by atoms with Gasteiger partial charge in [0.25, 0.3) is 0 Å². The molecule has 1 aliphatic heterocycles. The monoisotopic (exact) mass is 586 g/mol. The van der Waals surface area contributed by atoms with Gasteiger partial charge in [0.2, 0.25) is 0 Å². The van der Waals surface area contributed by atoms with Gasteiger partial charge in [-0.3, -0.25) is 6.08 Å². The number of halogens is 2. The Kier molecular flexibility index (Phi) is 11.8. The quantitative estimate of drug-likeness (QED) is 0.381. The summed E-state index contributed by atoms with van der Waals surface area (Å²) in [5.41, 5.74) is 11.2. The Hall–Kier alpha value is -0.400. The van der Waals surface area contributed by atoms with Gasteiger partial charge in [0.05, 0.1) is 8.07 Å². The zero-order valence-electron chi connectivity index (χ0n) is 21.6. The van der Waals surface area contributed by atoms with Gasteiger partial charge in [-0.2, -0.15) is 35.4 Å². The Morgan fingerprint density at radius 1 is 0.971 bits per heavy atom. The van der Waals surface area contributed by atoms with Crippen LogP contribution >= 0.6 is 0 Å². The molecule has 0 radical (unpaired) electrons. The predicted octanol–water partition coefficient (Wildman–Crippen LogP) is 2.91. The molecule has 0 N–H and O–H groups in total. The number of hydrogen-bond donors (Lipinski definition) is 0. The molecule has 2 aliphatic carbocycles. The first-order chi connectivity index (χ1) is 14.8. The van der Waals surface area contributed by atoms with Crippen LogP contribution in [0.5, 0.6) is 0 Å². The molecule has 180 valence electrons. The molecule has 0 nitrogen and oxygen atoms in total. The Balaban J connectivity index is 0.000000385. The Bertz CT molecular complexity index is 988. The van der Waals surface area contributed by atoms with E-state index < -0.39 is 8.07 Å². The van der Waals surface area contributed by atoms with Crippen molar-refractivity contribution < 1.29 is 51.0 Å². The molecule has 0 amide bonds. The van der Waals surface area contributed by atoms with Gasteiger partial charge in [-0.05, 0) is 11.1 Å². The third-order valence-corrected chi connectivity index (χ3v) is 14.2. The van der Waals surface area contributed by atoms with Crippen molar-refractivity contribution in [2.45, 2.75) is 84.5 Å². The number of allylic oxidation sites excluding steroid dienone is 4. The van der Waals surface area contributed by atoms with Gasteiger partial charge in [-0.1, -0.05) is 107 Å². The molecular weight excluding hydrogens is 551 g/mol. The number of rotatable bonds is 4. The van der Waals surface area contributed by atoms with E-state index in [1.807, 2.05) is 0 Å². The molecular formula is C30H38Cl2SiZr. The Morgan fingerprint density at radius 3 is 2.12 bits per heavy atom. The summed E-state index contributed by atoms with van der Waals surface area (Å²) >= 11 is 0. The van der Waals surface area contributed by atoms with Crippen LogP contribution in [0.4, 0.5) is 0 Å². The minimum absolute atomic E-state index is 0. The average Bonchev–Trinajstić information content (AvgIpc) is 3.15. The van der Waals surface area contributed by atoms with E-state index in [9.17, 15) is 0 Å². The van der Waals surface area contributed by atoms with Gasteiger partial charge in [0, 0.05) is 0 Å². The summed E-state index contributed by atoms with van der Waals surface area (Å²) < 4.78 is 0. The van der Waals surface area contributed by atoms with Crippen LogP contribution in [0.3, 0.4) is 0 Å². The molecule has 0 spiro atoms. The van der Waals surface area contributed by atoms with Gasteiger partial charge in [0.1, 0.15) is 0 Å². The van der Waals surface area contributed by atoms with E-state index in [0.717, 1.165) is 5.54 Å². The van der Waals surface area contributed by atoms with Crippen LogP contribution in [-0.2, 0) is 26.2 Å². The number of unbranched alkanes of at least 4 members (excludes halogenated alkanes) is 1. The van der Waals surface area contributed by atoms with Crippen LogP contribution in [0, 0.1) is 17.6 Å². The van der Waals surface area contributed by atoms with E-state index in [-0.39, 0.29) is 56.4 Å². The minimum atomic E-state index is -1.16. The Morgan fingerprint density at radius 2 is 1.62 bits per heavy atom. The second-order valence-corrected chi connectivity index (χ2v) is 15.3. The van der Waals surface area contributed by atoms with E-state index in [2.05, 4.69) is 96.1 Å². The number of fused-ring (bicyclic) bond motifs is 3. The largest absolute Gasteiger partial charge is 4.00 e. The summed E-state index contributed by atoms with van der Waals surface area (Å²) in [6, 6.07) is 24.0. The van der Waals surface area contributed by atoms with E-state index in [0.29, 0.717) is 0 Å². The summed E-state index contributed by atoms with van der Waals surface area (Å²) in [6.07, 6.45) is 7.67. The first-order valence-corrected chi connectivity index (χ1v) is 14.9. The van der Waals surface area contributed by atoms with E-state index >= 15 is 0 Å². The second kappa shape index (κ2) is 12.7. The molecule has 2 aromatic rings. The summed E-state index contributed by atoms with van der Waals surface area (Å²) in [5, 5.41) is 0. The molecule has 0 bridgehead atoms. The topological polar surface area (TPSA) is 0 Å². The maximum Gasteiger partial charge on any atom is 4.00 e. The molecule has 4 heteroatoms. The van der Waals surface area contributed by atoms with Crippen molar-refractivity contribution in [1.29, 1.82) is 0 Å². The predicted molar refractivity (Wildman–Crippen MR) is 137 cm³/mol. The van der Waals surface area contributed by atoms with Crippen LogP contribution in [0.2, 0.25) is 18.1 Å². The zero-order chi connectivity index (χ0) is 22.2. The number of hydrogen-bond acceptors (Lipinski definition) is 0. The van der Waals surface area contributed by atoms with Crippen molar-refractivity contribution in [3.8, 4) is 11.1 Å². The molecule has 1 unspecified atom stereocenters. The molecule has 34 heavy (non-hydrogen) atoms. The minimum Gasteiger partial charge on any atom is -1.00 e. The molecule has 0 aromatic heterocycles. The van der Waals surface area contributed by atoms with E-state index in [4.69, 9.17) is 0 Å². The van der Waals surface area contributed by atoms with Crippen molar-refractivity contribution in [3.63, 3.8) is 0 Å². The average molecular weight is 589 g/mol. The molecule has 1 fully saturated rings. The maximum absolute atomic E-state index is 3.63. The van der Waals surface area contributed by atoms with Crippen molar-refractivity contribution in [3.05, 3.63) is 82.5 Å². The van der Waals surface area contributed by atoms with Crippen LogP contribution < -0.4 is 24.8 Å². The molecule has 1 atom stereocenters. The van der Waals surface area contributed by atoms with Crippen molar-refractivity contribution in [2.75, 3.05) is 0 Å². The fourth-order valence-electron chi connectivity index (χ4n) is 5.96. The third-order valence-electron chi connectivity index (χ3n) is 8.29. The molecule has 5 rings (SSSR count). The fourth-order valence-corrected chi connectivity index (χ4v) is 11.4. The van der Waals surface area contributed by atoms with Gasteiger partial charge in [0.15, 0.2) is 0 Å². The fraction of sp³-hybridized carbons (Fsp3) is 0.467. The van der Waals surface area contributed by atoms with Gasteiger partial charge >= 0.3 is 26.2 Å². The number of benzene rings is 2. The van der Waals surface area contributed by atoms with Crippen molar-refractivity contribution >= 4 is 8.07 Å². The van der Waals surface area contributed by atoms with Gasteiger partial charge in [-0.15, -0.1) is 18.1 Å². The maximum atomic E-state index is 3.63. The van der Waals surface area contributed by atoms with Crippen molar-refractivity contribution in [2.24, 2.45) is 5.41 Å². The van der Waals surface area contributed by atoms with E-state index in [1.165, 1.54) is 70.8 Å². The zero-order valence-corrected chi connectivity index (χ0v) is 26.6. The standard InChI is InChI=1S/C20H23Si.C10H15.2ClH.Zr/c1-2-3-13-21(14-8-15-21)20-18-11-6-4-9-16(18)17-10-5-7-12-19(17)20;1-7-6-10(4,5)9(3)8(7)2;;;/h4-7,9-11,20H,2-3,8,13-15H2,1H3;1-5H3;2*1H;/q2*-1;;;+4/p-2. The smallest absolute Gasteiger partial charge is 1.00 e. The summed E-state index contributed by atoms with van der Waals surface area (Å²) in [7, 11) is -1.16. The normalized spacial score (nSPS) is 20.2. The van der Waals surface area contributed by atoms with E-state index in [1.54, 1.807) is 5.56 Å². The third kappa shape index (κ3) is 5.77. The van der Waals surface area contributed by atoms with Crippen LogP contribution in [-0.4, -0.2) is 8.07 Å². The van der Waals surface area contributed by atoms with Crippen LogP contribution in [0.25, 0.3) is 11.1 Å². The van der Waals surface area contributed by atoms with Crippen molar-refractivity contribution in [1.82, 2.24) is 0 Å². The summed E-state index contributed by atoms with van der Waals surface area (Å²) in [4.78, 5) is 0.